The van der Waals surface area contributed by atoms with Crippen molar-refractivity contribution in [2.75, 3.05) is 5.32 Å². The fourth-order valence-electron chi connectivity index (χ4n) is 1.65. The van der Waals surface area contributed by atoms with Gasteiger partial charge in [0.2, 0.25) is 5.91 Å². The van der Waals surface area contributed by atoms with Crippen LogP contribution in [0.1, 0.15) is 32.3 Å². The first kappa shape index (κ1) is 13.6. The van der Waals surface area contributed by atoms with Crippen molar-refractivity contribution in [2.45, 2.75) is 26.7 Å². The van der Waals surface area contributed by atoms with Gasteiger partial charge in [-0.3, -0.25) is 4.79 Å². The average Bonchev–Trinajstić information content (AvgIpc) is 2.30. The van der Waals surface area contributed by atoms with Crippen molar-refractivity contribution in [3.8, 4) is 0 Å². The lowest BCUT2D eigenvalue weighted by molar-refractivity contribution is -0.120. The molecule has 0 aliphatic rings. The molecule has 1 amide bonds. The molecule has 0 heterocycles. The number of hydrogen-bond donors (Lipinski definition) is 2. The van der Waals surface area contributed by atoms with E-state index in [2.05, 4.69) is 5.32 Å². The molecule has 0 fully saturated rings. The van der Waals surface area contributed by atoms with Crippen LogP contribution in [0, 0.1) is 5.92 Å². The largest absolute Gasteiger partial charge is 0.389 e. The molecule has 0 aliphatic heterocycles. The Morgan fingerprint density at radius 1 is 1.41 bits per heavy atom. The minimum Gasteiger partial charge on any atom is -0.389 e. The van der Waals surface area contributed by atoms with E-state index < -0.39 is 0 Å². The van der Waals surface area contributed by atoms with Crippen LogP contribution in [0.15, 0.2) is 24.3 Å². The maximum atomic E-state index is 11.9. The van der Waals surface area contributed by atoms with Crippen molar-refractivity contribution >= 4 is 28.8 Å². The van der Waals surface area contributed by atoms with Crippen molar-refractivity contribution in [3.05, 3.63) is 29.8 Å². The lowest BCUT2D eigenvalue weighted by Gasteiger charge is -2.13. The third-order valence-electron chi connectivity index (χ3n) is 2.77. The van der Waals surface area contributed by atoms with Crippen LogP contribution < -0.4 is 11.1 Å². The highest BCUT2D eigenvalue weighted by Crippen LogP contribution is 2.14. The Bertz CT molecular complexity index is 414. The van der Waals surface area contributed by atoms with Crippen molar-refractivity contribution in [1.82, 2.24) is 0 Å². The molecule has 17 heavy (non-hydrogen) atoms. The summed E-state index contributed by atoms with van der Waals surface area (Å²) in [6.07, 6.45) is 1.69. The van der Waals surface area contributed by atoms with Crippen LogP contribution >= 0.6 is 12.2 Å². The number of nitrogens with one attached hydrogen (secondary N) is 1. The van der Waals surface area contributed by atoms with Crippen LogP contribution in [-0.2, 0) is 4.79 Å². The zero-order valence-corrected chi connectivity index (χ0v) is 11.0. The molecule has 1 aromatic carbocycles. The van der Waals surface area contributed by atoms with E-state index in [1.807, 2.05) is 32.0 Å². The predicted octanol–water partition coefficient (Wildman–Crippen LogP) is 2.70. The number of benzene rings is 1. The number of carbonyl (C=O) groups is 1. The molecular weight excluding hydrogens is 232 g/mol. The van der Waals surface area contributed by atoms with Gasteiger partial charge in [-0.1, -0.05) is 38.2 Å². The van der Waals surface area contributed by atoms with Crippen LogP contribution in [0.2, 0.25) is 0 Å². The topological polar surface area (TPSA) is 55.1 Å². The molecular formula is C13H18N2OS. The number of hydrogen-bond acceptors (Lipinski definition) is 2. The Morgan fingerprint density at radius 2 is 2.06 bits per heavy atom. The van der Waals surface area contributed by atoms with Gasteiger partial charge in [0.25, 0.3) is 0 Å². The monoisotopic (exact) mass is 250 g/mol. The van der Waals surface area contributed by atoms with E-state index in [-0.39, 0.29) is 11.8 Å². The number of thiocarbonyl (C=S) groups is 1. The molecule has 92 valence electrons. The molecule has 0 spiro atoms. The first-order valence-electron chi connectivity index (χ1n) is 5.79. The molecule has 0 aromatic heterocycles. The quantitative estimate of drug-likeness (QED) is 0.790. The molecule has 0 saturated carbocycles. The van der Waals surface area contributed by atoms with E-state index in [9.17, 15) is 4.79 Å². The van der Waals surface area contributed by atoms with Gasteiger partial charge >= 0.3 is 0 Å². The van der Waals surface area contributed by atoms with Gasteiger partial charge in [-0.2, -0.15) is 0 Å². The van der Waals surface area contributed by atoms with E-state index >= 15 is 0 Å². The van der Waals surface area contributed by atoms with Gasteiger partial charge in [-0.25, -0.2) is 0 Å². The molecule has 0 atom stereocenters. The standard InChI is InChI=1S/C13H18N2OS/c1-3-9(4-2)13(16)15-11-7-5-6-10(8-11)12(14)17/h5-9H,3-4H2,1-2H3,(H2,14,17)(H,15,16). The SMILES string of the molecule is CCC(CC)C(=O)Nc1cccc(C(N)=S)c1. The molecule has 0 saturated heterocycles. The predicted molar refractivity (Wildman–Crippen MR) is 75.0 cm³/mol. The molecule has 4 heteroatoms. The Kier molecular flexibility index (Phi) is 5.10. The Morgan fingerprint density at radius 3 is 2.59 bits per heavy atom. The molecule has 3 nitrogen and oxygen atoms in total. The lowest BCUT2D eigenvalue weighted by Crippen LogP contribution is -2.22. The van der Waals surface area contributed by atoms with E-state index in [1.165, 1.54) is 0 Å². The molecule has 1 rings (SSSR count). The zero-order chi connectivity index (χ0) is 12.8. The zero-order valence-electron chi connectivity index (χ0n) is 10.2. The van der Waals surface area contributed by atoms with Gasteiger partial charge < -0.3 is 11.1 Å². The first-order valence-corrected chi connectivity index (χ1v) is 6.20. The minimum atomic E-state index is 0.0510. The van der Waals surface area contributed by atoms with Crippen LogP contribution in [0.3, 0.4) is 0 Å². The van der Waals surface area contributed by atoms with Crippen LogP contribution in [0.25, 0.3) is 0 Å². The summed E-state index contributed by atoms with van der Waals surface area (Å²) >= 11 is 4.90. The summed E-state index contributed by atoms with van der Waals surface area (Å²) in [6.45, 7) is 4.03. The highest BCUT2D eigenvalue weighted by Gasteiger charge is 2.14. The fourth-order valence-corrected chi connectivity index (χ4v) is 1.78. The second-order valence-corrected chi connectivity index (χ2v) is 4.39. The molecule has 1 aromatic rings. The first-order chi connectivity index (χ1) is 8.08. The third-order valence-corrected chi connectivity index (χ3v) is 3.01. The van der Waals surface area contributed by atoms with Crippen LogP contribution in [0.4, 0.5) is 5.69 Å². The van der Waals surface area contributed by atoms with Gasteiger partial charge in [0.05, 0.1) is 0 Å². The van der Waals surface area contributed by atoms with E-state index in [1.54, 1.807) is 6.07 Å². The van der Waals surface area contributed by atoms with Crippen molar-refractivity contribution in [1.29, 1.82) is 0 Å². The smallest absolute Gasteiger partial charge is 0.227 e. The normalized spacial score (nSPS) is 10.3. The summed E-state index contributed by atoms with van der Waals surface area (Å²) in [5, 5.41) is 2.88. The number of carbonyl (C=O) groups excluding carboxylic acids is 1. The van der Waals surface area contributed by atoms with E-state index in [0.717, 1.165) is 24.1 Å². The summed E-state index contributed by atoms with van der Waals surface area (Å²) in [4.78, 5) is 12.2. The molecule has 0 radical (unpaired) electrons. The minimum absolute atomic E-state index is 0.0510. The van der Waals surface area contributed by atoms with E-state index in [4.69, 9.17) is 18.0 Å². The van der Waals surface area contributed by atoms with Gasteiger partial charge in [0.1, 0.15) is 4.99 Å². The molecule has 0 aliphatic carbocycles. The number of rotatable bonds is 5. The second-order valence-electron chi connectivity index (χ2n) is 3.95. The molecule has 0 bridgehead atoms. The van der Waals surface area contributed by atoms with Gasteiger partial charge in [-0.05, 0) is 25.0 Å². The van der Waals surface area contributed by atoms with E-state index in [0.29, 0.717) is 4.99 Å². The van der Waals surface area contributed by atoms with Crippen molar-refractivity contribution < 1.29 is 4.79 Å². The average molecular weight is 250 g/mol. The fraction of sp³-hybridized carbons (Fsp3) is 0.385. The number of anilines is 1. The summed E-state index contributed by atoms with van der Waals surface area (Å²) in [5.74, 6) is 0.110. The number of nitrogens with two attached hydrogens (primary N) is 1. The Balaban J connectivity index is 2.78. The van der Waals surface area contributed by atoms with Crippen LogP contribution in [-0.4, -0.2) is 10.9 Å². The number of amides is 1. The molecule has 0 unspecified atom stereocenters. The summed E-state index contributed by atoms with van der Waals surface area (Å²) in [6, 6.07) is 7.29. The third kappa shape index (κ3) is 3.82. The van der Waals surface area contributed by atoms with Crippen molar-refractivity contribution in [2.24, 2.45) is 11.7 Å². The molecule has 3 N–H and O–H groups in total. The van der Waals surface area contributed by atoms with Gasteiger partial charge in [-0.15, -0.1) is 0 Å². The van der Waals surface area contributed by atoms with Gasteiger partial charge in [0.15, 0.2) is 0 Å². The maximum absolute atomic E-state index is 11.9. The maximum Gasteiger partial charge on any atom is 0.227 e. The van der Waals surface area contributed by atoms with Crippen molar-refractivity contribution in [3.63, 3.8) is 0 Å². The van der Waals surface area contributed by atoms with Gasteiger partial charge in [0, 0.05) is 17.2 Å². The highest BCUT2D eigenvalue weighted by molar-refractivity contribution is 7.80. The Hall–Kier alpha value is -1.42. The highest BCUT2D eigenvalue weighted by atomic mass is 32.1. The lowest BCUT2D eigenvalue weighted by atomic mass is 10.0. The summed E-state index contributed by atoms with van der Waals surface area (Å²) in [7, 11) is 0. The summed E-state index contributed by atoms with van der Waals surface area (Å²) in [5.41, 5.74) is 7.05. The van der Waals surface area contributed by atoms with Crippen LogP contribution in [0.5, 0.6) is 0 Å². The second kappa shape index (κ2) is 6.35. The Labute approximate surface area is 107 Å². The summed E-state index contributed by atoms with van der Waals surface area (Å²) < 4.78 is 0.